The van der Waals surface area contributed by atoms with E-state index in [0.717, 1.165) is 5.56 Å². The molecule has 1 aliphatic carbocycles. The standard InChI is InChI=1S/C17H25F2N3O2/c1-16(2,3)24-15(23)21-11-12-4-5-14(20-10-12)22-13-6-8-17(18,19)9-7-13/h4-5,10,13H,6-9,11H2,1-3H3,(H,20,22)(H,21,23). The van der Waals surface area contributed by atoms with Gasteiger partial charge in [-0.2, -0.15) is 0 Å². The second-order valence-corrected chi connectivity index (χ2v) is 7.18. The van der Waals surface area contributed by atoms with Crippen LogP contribution in [0.3, 0.4) is 0 Å². The van der Waals surface area contributed by atoms with Gasteiger partial charge in [0.15, 0.2) is 0 Å². The van der Waals surface area contributed by atoms with Gasteiger partial charge >= 0.3 is 6.09 Å². The summed E-state index contributed by atoms with van der Waals surface area (Å²) >= 11 is 0. The Morgan fingerprint density at radius 2 is 2.00 bits per heavy atom. The summed E-state index contributed by atoms with van der Waals surface area (Å²) in [5, 5.41) is 5.85. The van der Waals surface area contributed by atoms with Crippen molar-refractivity contribution >= 4 is 11.9 Å². The van der Waals surface area contributed by atoms with Gasteiger partial charge in [0.25, 0.3) is 0 Å². The molecule has 0 aromatic carbocycles. The number of nitrogens with one attached hydrogen (secondary N) is 2. The monoisotopic (exact) mass is 341 g/mol. The molecule has 2 rings (SSSR count). The molecule has 1 amide bonds. The third kappa shape index (κ3) is 6.29. The number of alkyl halides is 2. The quantitative estimate of drug-likeness (QED) is 0.865. The molecule has 134 valence electrons. The SMILES string of the molecule is CC(C)(C)OC(=O)NCc1ccc(NC2CCC(F)(F)CC2)nc1. The number of carbonyl (C=O) groups excluding carboxylic acids is 1. The third-order valence-corrected chi connectivity index (χ3v) is 3.73. The van der Waals surface area contributed by atoms with Crippen molar-refractivity contribution in [3.8, 4) is 0 Å². The number of rotatable bonds is 4. The lowest BCUT2D eigenvalue weighted by Gasteiger charge is -2.29. The predicted octanol–water partition coefficient (Wildman–Crippen LogP) is 4.10. The molecule has 7 heteroatoms. The zero-order chi connectivity index (χ0) is 17.8. The van der Waals surface area contributed by atoms with Gasteiger partial charge in [-0.15, -0.1) is 0 Å². The number of amides is 1. The maximum atomic E-state index is 13.1. The van der Waals surface area contributed by atoms with Crippen LogP contribution in [0.25, 0.3) is 0 Å². The normalized spacial score (nSPS) is 18.0. The van der Waals surface area contributed by atoms with Crippen LogP contribution in [-0.2, 0) is 11.3 Å². The van der Waals surface area contributed by atoms with Crippen LogP contribution in [0.2, 0.25) is 0 Å². The van der Waals surface area contributed by atoms with Crippen LogP contribution in [0.1, 0.15) is 52.0 Å². The number of alkyl carbamates (subject to hydrolysis) is 1. The minimum Gasteiger partial charge on any atom is -0.444 e. The molecule has 0 saturated heterocycles. The van der Waals surface area contributed by atoms with Crippen LogP contribution in [0.5, 0.6) is 0 Å². The first kappa shape index (κ1) is 18.4. The number of halogens is 2. The van der Waals surface area contributed by atoms with Gasteiger partial charge < -0.3 is 15.4 Å². The smallest absolute Gasteiger partial charge is 0.407 e. The number of hydrogen-bond acceptors (Lipinski definition) is 4. The van der Waals surface area contributed by atoms with E-state index in [2.05, 4.69) is 15.6 Å². The van der Waals surface area contributed by atoms with E-state index in [9.17, 15) is 13.6 Å². The van der Waals surface area contributed by atoms with Gasteiger partial charge in [0.2, 0.25) is 5.92 Å². The van der Waals surface area contributed by atoms with Crippen LogP contribution >= 0.6 is 0 Å². The lowest BCUT2D eigenvalue weighted by atomic mass is 9.92. The van der Waals surface area contributed by atoms with Gasteiger partial charge in [0.1, 0.15) is 11.4 Å². The van der Waals surface area contributed by atoms with Gasteiger partial charge in [-0.05, 0) is 45.2 Å². The molecule has 0 aliphatic heterocycles. The molecule has 0 radical (unpaired) electrons. The highest BCUT2D eigenvalue weighted by molar-refractivity contribution is 5.67. The number of hydrogen-bond donors (Lipinski definition) is 2. The fourth-order valence-corrected chi connectivity index (χ4v) is 2.50. The Balaban J connectivity index is 1.78. The number of pyridine rings is 1. The van der Waals surface area contributed by atoms with Crippen molar-refractivity contribution < 1.29 is 18.3 Å². The summed E-state index contributed by atoms with van der Waals surface area (Å²) in [6.07, 6.45) is 1.89. The largest absolute Gasteiger partial charge is 0.444 e. The van der Waals surface area contributed by atoms with Crippen LogP contribution in [0, 0.1) is 0 Å². The Morgan fingerprint density at radius 3 is 2.54 bits per heavy atom. The fourth-order valence-electron chi connectivity index (χ4n) is 2.50. The summed E-state index contributed by atoms with van der Waals surface area (Å²) in [4.78, 5) is 15.9. The van der Waals surface area contributed by atoms with Crippen molar-refractivity contribution in [2.45, 2.75) is 70.6 Å². The van der Waals surface area contributed by atoms with Gasteiger partial charge in [0.05, 0.1) is 0 Å². The molecule has 5 nitrogen and oxygen atoms in total. The van der Waals surface area contributed by atoms with E-state index in [-0.39, 0.29) is 18.9 Å². The van der Waals surface area contributed by atoms with Crippen molar-refractivity contribution in [2.24, 2.45) is 0 Å². The molecule has 1 aliphatic rings. The first-order valence-corrected chi connectivity index (χ1v) is 8.19. The second kappa shape index (κ2) is 7.32. The van der Waals surface area contributed by atoms with Crippen molar-refractivity contribution in [2.75, 3.05) is 5.32 Å². The average molecular weight is 341 g/mol. The first-order valence-electron chi connectivity index (χ1n) is 8.19. The van der Waals surface area contributed by atoms with Crippen molar-refractivity contribution in [1.29, 1.82) is 0 Å². The Hall–Kier alpha value is -1.92. The molecular formula is C17H25F2N3O2. The highest BCUT2D eigenvalue weighted by atomic mass is 19.3. The minimum atomic E-state index is -2.53. The van der Waals surface area contributed by atoms with Crippen molar-refractivity contribution in [1.82, 2.24) is 10.3 Å². The fraction of sp³-hybridized carbons (Fsp3) is 0.647. The van der Waals surface area contributed by atoms with Crippen LogP contribution in [-0.4, -0.2) is 28.6 Å². The molecule has 1 aromatic heterocycles. The van der Waals surface area contributed by atoms with Gasteiger partial charge in [-0.25, -0.2) is 18.6 Å². The first-order chi connectivity index (χ1) is 11.1. The molecule has 2 N–H and O–H groups in total. The van der Waals surface area contributed by atoms with Crippen molar-refractivity contribution in [3.05, 3.63) is 23.9 Å². The lowest BCUT2D eigenvalue weighted by molar-refractivity contribution is -0.0361. The van der Waals surface area contributed by atoms with E-state index in [1.807, 2.05) is 6.07 Å². The highest BCUT2D eigenvalue weighted by Gasteiger charge is 2.34. The molecule has 24 heavy (non-hydrogen) atoms. The van der Waals surface area contributed by atoms with Gasteiger partial charge in [0, 0.05) is 31.6 Å². The second-order valence-electron chi connectivity index (χ2n) is 7.18. The summed E-state index contributed by atoms with van der Waals surface area (Å²) in [7, 11) is 0. The van der Waals surface area contributed by atoms with Crippen molar-refractivity contribution in [3.63, 3.8) is 0 Å². The topological polar surface area (TPSA) is 63.2 Å². The molecule has 0 spiro atoms. The lowest BCUT2D eigenvalue weighted by Crippen LogP contribution is -2.32. The Morgan fingerprint density at radius 1 is 1.33 bits per heavy atom. The molecular weight excluding hydrogens is 316 g/mol. The van der Waals surface area contributed by atoms with E-state index in [0.29, 0.717) is 25.2 Å². The van der Waals surface area contributed by atoms with Crippen LogP contribution in [0.4, 0.5) is 19.4 Å². The number of anilines is 1. The van der Waals surface area contributed by atoms with E-state index in [1.54, 1.807) is 33.0 Å². The predicted molar refractivity (Wildman–Crippen MR) is 88.1 cm³/mol. The number of aromatic nitrogens is 1. The molecule has 1 heterocycles. The van der Waals surface area contributed by atoms with Gasteiger partial charge in [-0.1, -0.05) is 6.07 Å². The molecule has 1 fully saturated rings. The van der Waals surface area contributed by atoms with E-state index >= 15 is 0 Å². The number of nitrogens with zero attached hydrogens (tertiary/aromatic N) is 1. The Bertz CT molecular complexity index is 546. The summed E-state index contributed by atoms with van der Waals surface area (Å²) in [5.41, 5.74) is 0.300. The third-order valence-electron chi connectivity index (χ3n) is 3.73. The summed E-state index contributed by atoms with van der Waals surface area (Å²) < 4.78 is 31.4. The maximum absolute atomic E-state index is 13.1. The zero-order valence-electron chi connectivity index (χ0n) is 14.4. The summed E-state index contributed by atoms with van der Waals surface area (Å²) in [6.45, 7) is 5.72. The van der Waals surface area contributed by atoms with Crippen LogP contribution in [0.15, 0.2) is 18.3 Å². The zero-order valence-corrected chi connectivity index (χ0v) is 14.4. The van der Waals surface area contributed by atoms with Gasteiger partial charge in [-0.3, -0.25) is 0 Å². The highest BCUT2D eigenvalue weighted by Crippen LogP contribution is 2.33. The molecule has 1 saturated carbocycles. The van der Waals surface area contributed by atoms with E-state index < -0.39 is 17.6 Å². The Labute approximate surface area is 141 Å². The molecule has 0 bridgehead atoms. The molecule has 0 atom stereocenters. The van der Waals surface area contributed by atoms with E-state index in [1.165, 1.54) is 0 Å². The molecule has 1 aromatic rings. The maximum Gasteiger partial charge on any atom is 0.407 e. The number of ether oxygens (including phenoxy) is 1. The number of carbonyl (C=O) groups is 1. The Kier molecular flexibility index (Phi) is 5.62. The van der Waals surface area contributed by atoms with Crippen LogP contribution < -0.4 is 10.6 Å². The minimum absolute atomic E-state index is 0.0304. The summed E-state index contributed by atoms with van der Waals surface area (Å²) in [5.74, 6) is -1.87. The van der Waals surface area contributed by atoms with E-state index in [4.69, 9.17) is 4.74 Å². The summed E-state index contributed by atoms with van der Waals surface area (Å²) in [6, 6.07) is 3.66. The average Bonchev–Trinajstić information content (AvgIpc) is 2.47. The molecule has 0 unspecified atom stereocenters.